The Morgan fingerprint density at radius 1 is 0.955 bits per heavy atom. The summed E-state index contributed by atoms with van der Waals surface area (Å²) in [4.78, 5) is 0. The van der Waals surface area contributed by atoms with E-state index in [1.54, 1.807) is 7.11 Å². The van der Waals surface area contributed by atoms with Crippen LogP contribution in [-0.4, -0.2) is 7.11 Å². The molecule has 0 bridgehead atoms. The standard InChI is InChI=1S/C19H19NO2/c1-21-19(13-5-6-14-20-19)17-9-11-18(12-10-17)22-15-16-7-3-2-4-8-16/h2-14,20H,15H2,1H3. The molecule has 3 heteroatoms. The quantitative estimate of drug-likeness (QED) is 0.911. The number of hydrogen-bond acceptors (Lipinski definition) is 3. The summed E-state index contributed by atoms with van der Waals surface area (Å²) in [5.41, 5.74) is 1.58. The zero-order chi connectivity index (χ0) is 15.3. The summed E-state index contributed by atoms with van der Waals surface area (Å²) in [5, 5.41) is 3.25. The zero-order valence-corrected chi connectivity index (χ0v) is 12.5. The van der Waals surface area contributed by atoms with Crippen LogP contribution in [0.2, 0.25) is 0 Å². The first-order valence-corrected chi connectivity index (χ1v) is 7.27. The number of rotatable bonds is 5. The molecule has 1 atom stereocenters. The molecule has 22 heavy (non-hydrogen) atoms. The van der Waals surface area contributed by atoms with Gasteiger partial charge < -0.3 is 14.8 Å². The van der Waals surface area contributed by atoms with Crippen LogP contribution in [0.5, 0.6) is 5.75 Å². The molecule has 112 valence electrons. The molecule has 0 spiro atoms. The highest BCUT2D eigenvalue weighted by molar-refractivity contribution is 5.35. The molecule has 3 rings (SSSR count). The van der Waals surface area contributed by atoms with Gasteiger partial charge in [-0.05, 0) is 36.0 Å². The van der Waals surface area contributed by atoms with Crippen molar-refractivity contribution >= 4 is 0 Å². The molecule has 1 unspecified atom stereocenters. The fraction of sp³-hybridized carbons (Fsp3) is 0.158. The van der Waals surface area contributed by atoms with Crippen molar-refractivity contribution in [3.8, 4) is 5.75 Å². The molecule has 1 N–H and O–H groups in total. The van der Waals surface area contributed by atoms with Crippen LogP contribution in [0, 0.1) is 0 Å². The SMILES string of the molecule is COC1(c2ccc(OCc3ccccc3)cc2)C=CC=CN1. The van der Waals surface area contributed by atoms with Gasteiger partial charge in [0.25, 0.3) is 0 Å². The number of hydrogen-bond donors (Lipinski definition) is 1. The molecule has 0 aliphatic carbocycles. The van der Waals surface area contributed by atoms with Crippen molar-refractivity contribution in [3.05, 3.63) is 90.2 Å². The van der Waals surface area contributed by atoms with E-state index in [0.29, 0.717) is 6.61 Å². The Hall–Kier alpha value is -2.52. The molecular formula is C19H19NO2. The summed E-state index contributed by atoms with van der Waals surface area (Å²) >= 11 is 0. The van der Waals surface area contributed by atoms with Crippen molar-refractivity contribution < 1.29 is 9.47 Å². The fourth-order valence-electron chi connectivity index (χ4n) is 2.43. The summed E-state index contributed by atoms with van der Waals surface area (Å²) in [6.07, 6.45) is 7.78. The van der Waals surface area contributed by atoms with E-state index >= 15 is 0 Å². The van der Waals surface area contributed by atoms with E-state index in [0.717, 1.165) is 16.9 Å². The molecule has 0 aromatic heterocycles. The lowest BCUT2D eigenvalue weighted by molar-refractivity contribution is 0.00917. The summed E-state index contributed by atoms with van der Waals surface area (Å²) < 4.78 is 11.5. The Balaban J connectivity index is 1.70. The highest BCUT2D eigenvalue weighted by Gasteiger charge is 2.28. The van der Waals surface area contributed by atoms with Crippen LogP contribution in [0.4, 0.5) is 0 Å². The molecule has 2 aromatic carbocycles. The molecule has 1 aliphatic rings. The van der Waals surface area contributed by atoms with Crippen LogP contribution < -0.4 is 10.1 Å². The molecule has 0 amide bonds. The van der Waals surface area contributed by atoms with E-state index in [2.05, 4.69) is 17.4 Å². The number of allylic oxidation sites excluding steroid dienone is 2. The Kier molecular flexibility index (Phi) is 4.26. The van der Waals surface area contributed by atoms with Crippen LogP contribution in [0.3, 0.4) is 0 Å². The number of methoxy groups -OCH3 is 1. The van der Waals surface area contributed by atoms with Crippen LogP contribution >= 0.6 is 0 Å². The smallest absolute Gasteiger partial charge is 0.183 e. The van der Waals surface area contributed by atoms with Gasteiger partial charge >= 0.3 is 0 Å². The number of benzene rings is 2. The van der Waals surface area contributed by atoms with Gasteiger partial charge in [0.15, 0.2) is 5.72 Å². The van der Waals surface area contributed by atoms with E-state index in [-0.39, 0.29) is 0 Å². The molecule has 0 saturated carbocycles. The van der Waals surface area contributed by atoms with Crippen molar-refractivity contribution in [2.75, 3.05) is 7.11 Å². The fourth-order valence-corrected chi connectivity index (χ4v) is 2.43. The lowest BCUT2D eigenvalue weighted by Gasteiger charge is -2.31. The van der Waals surface area contributed by atoms with Gasteiger partial charge in [-0.1, -0.05) is 48.5 Å². The number of ether oxygens (including phenoxy) is 2. The maximum absolute atomic E-state index is 5.81. The van der Waals surface area contributed by atoms with Gasteiger partial charge in [0, 0.05) is 12.7 Å². The lowest BCUT2D eigenvalue weighted by Crippen LogP contribution is -2.40. The van der Waals surface area contributed by atoms with Crippen LogP contribution in [0.25, 0.3) is 0 Å². The van der Waals surface area contributed by atoms with Gasteiger partial charge in [-0.15, -0.1) is 0 Å². The average Bonchev–Trinajstić information content (AvgIpc) is 2.62. The molecule has 1 heterocycles. The van der Waals surface area contributed by atoms with Gasteiger partial charge in [0.05, 0.1) is 0 Å². The first-order valence-electron chi connectivity index (χ1n) is 7.27. The summed E-state index contributed by atoms with van der Waals surface area (Å²) in [6.45, 7) is 0.566. The first-order chi connectivity index (χ1) is 10.8. The van der Waals surface area contributed by atoms with Crippen molar-refractivity contribution in [1.82, 2.24) is 5.32 Å². The third-order valence-corrected chi connectivity index (χ3v) is 3.69. The van der Waals surface area contributed by atoms with Crippen molar-refractivity contribution in [2.24, 2.45) is 0 Å². The molecule has 2 aromatic rings. The van der Waals surface area contributed by atoms with Gasteiger partial charge in [0.1, 0.15) is 12.4 Å². The second-order valence-corrected chi connectivity index (χ2v) is 5.10. The van der Waals surface area contributed by atoms with E-state index in [1.807, 2.05) is 66.9 Å². The average molecular weight is 293 g/mol. The third-order valence-electron chi connectivity index (χ3n) is 3.69. The topological polar surface area (TPSA) is 30.5 Å². The van der Waals surface area contributed by atoms with Crippen LogP contribution in [0.1, 0.15) is 11.1 Å². The Bertz CT molecular complexity index is 662. The third kappa shape index (κ3) is 3.05. The van der Waals surface area contributed by atoms with Gasteiger partial charge in [-0.25, -0.2) is 0 Å². The van der Waals surface area contributed by atoms with Crippen LogP contribution in [-0.2, 0) is 17.1 Å². The van der Waals surface area contributed by atoms with Gasteiger partial charge in [0.2, 0.25) is 0 Å². The minimum Gasteiger partial charge on any atom is -0.489 e. The predicted octanol–water partition coefficient (Wildman–Crippen LogP) is 3.74. The van der Waals surface area contributed by atoms with Crippen molar-refractivity contribution in [3.63, 3.8) is 0 Å². The Morgan fingerprint density at radius 2 is 1.73 bits per heavy atom. The van der Waals surface area contributed by atoms with Crippen LogP contribution in [0.15, 0.2) is 79.0 Å². The van der Waals surface area contributed by atoms with Gasteiger partial charge in [-0.3, -0.25) is 0 Å². The highest BCUT2D eigenvalue weighted by Crippen LogP contribution is 2.27. The van der Waals surface area contributed by atoms with E-state index in [1.165, 1.54) is 0 Å². The summed E-state index contributed by atoms with van der Waals surface area (Å²) in [6, 6.07) is 18.1. The normalized spacial score (nSPS) is 19.7. The van der Waals surface area contributed by atoms with E-state index < -0.39 is 5.72 Å². The molecule has 0 fully saturated rings. The predicted molar refractivity (Wildman–Crippen MR) is 87.3 cm³/mol. The number of dihydropyridines is 1. The second-order valence-electron chi connectivity index (χ2n) is 5.10. The number of nitrogens with one attached hydrogen (secondary N) is 1. The highest BCUT2D eigenvalue weighted by atomic mass is 16.5. The zero-order valence-electron chi connectivity index (χ0n) is 12.5. The largest absolute Gasteiger partial charge is 0.489 e. The summed E-state index contributed by atoms with van der Waals surface area (Å²) in [5.74, 6) is 0.842. The maximum Gasteiger partial charge on any atom is 0.183 e. The minimum atomic E-state index is -0.604. The first kappa shape index (κ1) is 14.4. The van der Waals surface area contributed by atoms with Crippen molar-refractivity contribution in [2.45, 2.75) is 12.3 Å². The molecule has 1 aliphatic heterocycles. The van der Waals surface area contributed by atoms with E-state index in [4.69, 9.17) is 9.47 Å². The minimum absolute atomic E-state index is 0.566. The van der Waals surface area contributed by atoms with Crippen molar-refractivity contribution in [1.29, 1.82) is 0 Å². The Labute approximate surface area is 130 Å². The summed E-state index contributed by atoms with van der Waals surface area (Å²) in [7, 11) is 1.69. The molecular weight excluding hydrogens is 274 g/mol. The molecule has 0 radical (unpaired) electrons. The van der Waals surface area contributed by atoms with E-state index in [9.17, 15) is 0 Å². The Morgan fingerprint density at radius 3 is 2.36 bits per heavy atom. The molecule has 3 nitrogen and oxygen atoms in total. The second kappa shape index (κ2) is 6.50. The maximum atomic E-state index is 5.81. The lowest BCUT2D eigenvalue weighted by atomic mass is 10.0. The van der Waals surface area contributed by atoms with Gasteiger partial charge in [-0.2, -0.15) is 0 Å². The monoisotopic (exact) mass is 293 g/mol. The molecule has 0 saturated heterocycles.